The molecule has 0 aliphatic rings. The van der Waals surface area contributed by atoms with Crippen molar-refractivity contribution in [2.24, 2.45) is 0 Å². The second-order valence-corrected chi connectivity index (χ2v) is 6.84. The molecular formula is C20H25ClN2O. The number of carbonyl (C=O) groups excluding carboxylic acids is 1. The monoisotopic (exact) mass is 344 g/mol. The van der Waals surface area contributed by atoms with E-state index in [1.807, 2.05) is 59.3 Å². The number of nitrogens with zero attached hydrogens (tertiary/aromatic N) is 2. The van der Waals surface area contributed by atoms with Gasteiger partial charge in [-0.3, -0.25) is 9.69 Å². The quantitative estimate of drug-likeness (QED) is 0.751. The fourth-order valence-electron chi connectivity index (χ4n) is 2.62. The third kappa shape index (κ3) is 5.66. The Morgan fingerprint density at radius 3 is 2.12 bits per heavy atom. The molecule has 0 saturated heterocycles. The van der Waals surface area contributed by atoms with Crippen LogP contribution in [0.5, 0.6) is 0 Å². The van der Waals surface area contributed by atoms with Crippen molar-refractivity contribution in [3.8, 4) is 0 Å². The largest absolute Gasteiger partial charge is 0.335 e. The maximum absolute atomic E-state index is 12.7. The van der Waals surface area contributed by atoms with Crippen LogP contribution in [0.2, 0.25) is 5.02 Å². The van der Waals surface area contributed by atoms with E-state index in [1.165, 1.54) is 0 Å². The average Bonchev–Trinajstić information content (AvgIpc) is 2.55. The zero-order valence-electron chi connectivity index (χ0n) is 14.6. The molecule has 1 amide bonds. The van der Waals surface area contributed by atoms with E-state index in [1.54, 1.807) is 0 Å². The first kappa shape index (κ1) is 18.5. The Morgan fingerprint density at radius 1 is 0.958 bits per heavy atom. The van der Waals surface area contributed by atoms with Gasteiger partial charge in [-0.05, 0) is 44.2 Å². The molecular weight excluding hydrogens is 320 g/mol. The van der Waals surface area contributed by atoms with Crippen LogP contribution in [-0.2, 0) is 17.9 Å². The van der Waals surface area contributed by atoms with Crippen molar-refractivity contribution in [1.29, 1.82) is 0 Å². The summed E-state index contributed by atoms with van der Waals surface area (Å²) in [5.74, 6) is 0.144. The second-order valence-electron chi connectivity index (χ2n) is 6.40. The predicted molar refractivity (Wildman–Crippen MR) is 99.9 cm³/mol. The van der Waals surface area contributed by atoms with E-state index >= 15 is 0 Å². The first-order valence-electron chi connectivity index (χ1n) is 8.22. The highest BCUT2D eigenvalue weighted by molar-refractivity contribution is 6.30. The summed E-state index contributed by atoms with van der Waals surface area (Å²) in [6.07, 6.45) is 0. The van der Waals surface area contributed by atoms with Crippen LogP contribution in [-0.4, -0.2) is 35.3 Å². The molecule has 0 spiro atoms. The van der Waals surface area contributed by atoms with Gasteiger partial charge in [0.1, 0.15) is 0 Å². The highest BCUT2D eigenvalue weighted by Crippen LogP contribution is 2.12. The first-order valence-corrected chi connectivity index (χ1v) is 8.60. The standard InChI is InChI=1S/C20H25ClN2O/c1-16(2)23(14-17-7-5-4-6-8-17)20(24)15-22(3)13-18-9-11-19(21)12-10-18/h4-12,16H,13-15H2,1-3H3. The van der Waals surface area contributed by atoms with Gasteiger partial charge in [-0.2, -0.15) is 0 Å². The fraction of sp³-hybridized carbons (Fsp3) is 0.350. The van der Waals surface area contributed by atoms with Crippen molar-refractivity contribution in [2.45, 2.75) is 33.0 Å². The average molecular weight is 345 g/mol. The number of carbonyl (C=O) groups is 1. The lowest BCUT2D eigenvalue weighted by Crippen LogP contribution is -2.42. The SMILES string of the molecule is CC(C)N(Cc1ccccc1)C(=O)CN(C)Cc1ccc(Cl)cc1. The van der Waals surface area contributed by atoms with Gasteiger partial charge >= 0.3 is 0 Å². The molecule has 0 aromatic heterocycles. The van der Waals surface area contributed by atoms with E-state index in [0.29, 0.717) is 13.1 Å². The summed E-state index contributed by atoms with van der Waals surface area (Å²) >= 11 is 5.91. The Balaban J connectivity index is 1.95. The molecule has 0 heterocycles. The molecule has 0 saturated carbocycles. The van der Waals surface area contributed by atoms with Gasteiger partial charge in [-0.1, -0.05) is 54.1 Å². The molecule has 0 N–H and O–H groups in total. The van der Waals surface area contributed by atoms with Crippen LogP contribution >= 0.6 is 11.6 Å². The Hall–Kier alpha value is -1.84. The zero-order chi connectivity index (χ0) is 17.5. The van der Waals surface area contributed by atoms with E-state index in [0.717, 1.165) is 22.7 Å². The van der Waals surface area contributed by atoms with Gasteiger partial charge in [0.05, 0.1) is 6.54 Å². The number of halogens is 1. The summed E-state index contributed by atoms with van der Waals surface area (Å²) in [6.45, 7) is 5.88. The number of benzene rings is 2. The predicted octanol–water partition coefficient (Wildman–Crippen LogP) is 4.21. The molecule has 2 aromatic carbocycles. The topological polar surface area (TPSA) is 23.6 Å². The molecule has 128 valence electrons. The summed E-state index contributed by atoms with van der Waals surface area (Å²) < 4.78 is 0. The Morgan fingerprint density at radius 2 is 1.54 bits per heavy atom. The van der Waals surface area contributed by atoms with Crippen LogP contribution in [0.15, 0.2) is 54.6 Å². The Kier molecular flexibility index (Phi) is 6.83. The van der Waals surface area contributed by atoms with Crippen LogP contribution in [0.4, 0.5) is 0 Å². The third-order valence-electron chi connectivity index (χ3n) is 3.91. The van der Waals surface area contributed by atoms with Gasteiger partial charge in [0.15, 0.2) is 0 Å². The molecule has 0 fully saturated rings. The Labute approximate surface area is 149 Å². The van der Waals surface area contributed by atoms with Crippen molar-refractivity contribution in [3.05, 3.63) is 70.7 Å². The number of likely N-dealkylation sites (N-methyl/N-ethyl adjacent to an activating group) is 1. The lowest BCUT2D eigenvalue weighted by atomic mass is 10.2. The van der Waals surface area contributed by atoms with Gasteiger partial charge in [-0.25, -0.2) is 0 Å². The molecule has 0 bridgehead atoms. The molecule has 0 unspecified atom stereocenters. The van der Waals surface area contributed by atoms with Gasteiger partial charge < -0.3 is 4.90 Å². The molecule has 0 radical (unpaired) electrons. The van der Waals surface area contributed by atoms with Gasteiger partial charge in [0.2, 0.25) is 5.91 Å². The smallest absolute Gasteiger partial charge is 0.237 e. The minimum Gasteiger partial charge on any atom is -0.335 e. The lowest BCUT2D eigenvalue weighted by Gasteiger charge is -2.29. The molecule has 24 heavy (non-hydrogen) atoms. The summed E-state index contributed by atoms with van der Waals surface area (Å²) in [6, 6.07) is 18.0. The van der Waals surface area contributed by atoms with Crippen molar-refractivity contribution >= 4 is 17.5 Å². The third-order valence-corrected chi connectivity index (χ3v) is 4.16. The Bertz CT molecular complexity index is 640. The lowest BCUT2D eigenvalue weighted by molar-refractivity contribution is -0.134. The maximum atomic E-state index is 12.7. The second kappa shape index (κ2) is 8.86. The molecule has 2 aromatic rings. The van der Waals surface area contributed by atoms with E-state index < -0.39 is 0 Å². The number of amides is 1. The highest BCUT2D eigenvalue weighted by atomic mass is 35.5. The van der Waals surface area contributed by atoms with Gasteiger partial charge in [0, 0.05) is 24.2 Å². The summed E-state index contributed by atoms with van der Waals surface area (Å²) in [5.41, 5.74) is 2.30. The fourth-order valence-corrected chi connectivity index (χ4v) is 2.74. The van der Waals surface area contributed by atoms with E-state index in [2.05, 4.69) is 26.0 Å². The summed E-state index contributed by atoms with van der Waals surface area (Å²) in [7, 11) is 1.97. The van der Waals surface area contributed by atoms with Crippen molar-refractivity contribution in [3.63, 3.8) is 0 Å². The van der Waals surface area contributed by atoms with Gasteiger partial charge in [0.25, 0.3) is 0 Å². The number of rotatable bonds is 7. The van der Waals surface area contributed by atoms with Crippen LogP contribution in [0.3, 0.4) is 0 Å². The molecule has 2 rings (SSSR count). The molecule has 3 nitrogen and oxygen atoms in total. The molecule has 4 heteroatoms. The highest BCUT2D eigenvalue weighted by Gasteiger charge is 2.18. The maximum Gasteiger partial charge on any atom is 0.237 e. The number of hydrogen-bond acceptors (Lipinski definition) is 2. The van der Waals surface area contributed by atoms with Crippen LogP contribution < -0.4 is 0 Å². The van der Waals surface area contributed by atoms with Crippen molar-refractivity contribution < 1.29 is 4.79 Å². The number of hydrogen-bond donors (Lipinski definition) is 0. The summed E-state index contributed by atoms with van der Waals surface area (Å²) in [5, 5.41) is 0.728. The van der Waals surface area contributed by atoms with Crippen molar-refractivity contribution in [2.75, 3.05) is 13.6 Å². The van der Waals surface area contributed by atoms with E-state index in [4.69, 9.17) is 11.6 Å². The molecule has 0 atom stereocenters. The first-order chi connectivity index (χ1) is 11.5. The minimum atomic E-state index is 0.144. The normalized spacial score (nSPS) is 11.1. The summed E-state index contributed by atoms with van der Waals surface area (Å²) in [4.78, 5) is 16.7. The zero-order valence-corrected chi connectivity index (χ0v) is 15.3. The van der Waals surface area contributed by atoms with E-state index in [-0.39, 0.29) is 11.9 Å². The minimum absolute atomic E-state index is 0.144. The van der Waals surface area contributed by atoms with Crippen LogP contribution in [0, 0.1) is 0 Å². The molecule has 0 aliphatic heterocycles. The molecule has 0 aliphatic carbocycles. The van der Waals surface area contributed by atoms with Crippen LogP contribution in [0.1, 0.15) is 25.0 Å². The van der Waals surface area contributed by atoms with Crippen molar-refractivity contribution in [1.82, 2.24) is 9.80 Å². The van der Waals surface area contributed by atoms with Gasteiger partial charge in [-0.15, -0.1) is 0 Å². The van der Waals surface area contributed by atoms with Crippen LogP contribution in [0.25, 0.3) is 0 Å². The van der Waals surface area contributed by atoms with E-state index in [9.17, 15) is 4.79 Å².